The molecule has 0 fully saturated rings. The maximum absolute atomic E-state index is 8.93. The fraction of sp³-hybridized carbons (Fsp3) is 0.125. The predicted octanol–water partition coefficient (Wildman–Crippen LogP) is 3.42. The number of hydrogen-bond donors (Lipinski definition) is 0. The Kier molecular flexibility index (Phi) is 4.30. The van der Waals surface area contributed by atoms with Crippen LogP contribution in [0.15, 0.2) is 53.7 Å². The first-order valence-electron chi connectivity index (χ1n) is 5.99. The van der Waals surface area contributed by atoms with Crippen molar-refractivity contribution in [3.8, 4) is 6.07 Å². The molecule has 0 aliphatic heterocycles. The van der Waals surface area contributed by atoms with Crippen molar-refractivity contribution in [3.05, 3.63) is 70.8 Å². The summed E-state index contributed by atoms with van der Waals surface area (Å²) in [6.07, 6.45) is 1.56. The molecule has 3 nitrogen and oxygen atoms in total. The molecule has 0 spiro atoms. The predicted molar refractivity (Wildman–Crippen MR) is 74.7 cm³/mol. The zero-order valence-electron chi connectivity index (χ0n) is 10.7. The van der Waals surface area contributed by atoms with Crippen molar-refractivity contribution in [3.63, 3.8) is 0 Å². The number of rotatable bonds is 4. The fourth-order valence-corrected chi connectivity index (χ4v) is 1.60. The maximum atomic E-state index is 8.93. The minimum atomic E-state index is 0.422. The van der Waals surface area contributed by atoms with Crippen LogP contribution in [0.2, 0.25) is 0 Å². The molecular weight excluding hydrogens is 236 g/mol. The van der Waals surface area contributed by atoms with E-state index < -0.39 is 0 Å². The van der Waals surface area contributed by atoms with E-state index in [4.69, 9.17) is 10.1 Å². The third-order valence-corrected chi connectivity index (χ3v) is 2.70. The zero-order chi connectivity index (χ0) is 13.5. The van der Waals surface area contributed by atoms with Crippen molar-refractivity contribution in [1.82, 2.24) is 0 Å². The molecule has 0 unspecified atom stereocenters. The van der Waals surface area contributed by atoms with Gasteiger partial charge in [0.25, 0.3) is 0 Å². The van der Waals surface area contributed by atoms with E-state index in [1.165, 1.54) is 5.56 Å². The first kappa shape index (κ1) is 12.8. The largest absolute Gasteiger partial charge is 0.391 e. The van der Waals surface area contributed by atoms with Gasteiger partial charge in [-0.2, -0.15) is 5.26 Å². The van der Waals surface area contributed by atoms with Crippen LogP contribution in [0.25, 0.3) is 0 Å². The molecule has 0 radical (unpaired) electrons. The second-order valence-electron chi connectivity index (χ2n) is 4.19. The first-order valence-corrected chi connectivity index (χ1v) is 5.99. The van der Waals surface area contributed by atoms with Crippen LogP contribution < -0.4 is 0 Å². The summed E-state index contributed by atoms with van der Waals surface area (Å²) in [5.41, 5.74) is 3.63. The van der Waals surface area contributed by atoms with Gasteiger partial charge in [-0.1, -0.05) is 53.2 Å². The monoisotopic (exact) mass is 250 g/mol. The van der Waals surface area contributed by atoms with E-state index in [-0.39, 0.29) is 0 Å². The Labute approximate surface area is 112 Å². The second kappa shape index (κ2) is 6.36. The third kappa shape index (κ3) is 3.68. The van der Waals surface area contributed by atoms with E-state index in [2.05, 4.69) is 11.2 Å². The minimum Gasteiger partial charge on any atom is -0.391 e. The van der Waals surface area contributed by atoms with Crippen molar-refractivity contribution in [2.45, 2.75) is 13.5 Å². The summed E-state index contributed by atoms with van der Waals surface area (Å²) in [5.74, 6) is 0. The van der Waals surface area contributed by atoms with Crippen LogP contribution in [-0.2, 0) is 11.4 Å². The lowest BCUT2D eigenvalue weighted by Crippen LogP contribution is -1.90. The Balaban J connectivity index is 1.94. The molecule has 0 saturated carbocycles. The van der Waals surface area contributed by atoms with Crippen molar-refractivity contribution < 1.29 is 4.84 Å². The molecule has 94 valence electrons. The Morgan fingerprint density at radius 3 is 2.63 bits per heavy atom. The van der Waals surface area contributed by atoms with Gasteiger partial charge in [-0.15, -0.1) is 0 Å². The second-order valence-corrected chi connectivity index (χ2v) is 4.19. The highest BCUT2D eigenvalue weighted by Gasteiger charge is 1.97. The quantitative estimate of drug-likeness (QED) is 0.616. The van der Waals surface area contributed by atoms with Crippen LogP contribution in [0, 0.1) is 18.3 Å². The van der Waals surface area contributed by atoms with Crippen LogP contribution in [0.4, 0.5) is 0 Å². The molecule has 2 rings (SSSR count). The average molecular weight is 250 g/mol. The van der Waals surface area contributed by atoms with Crippen molar-refractivity contribution in [1.29, 1.82) is 5.26 Å². The smallest absolute Gasteiger partial charge is 0.142 e. The van der Waals surface area contributed by atoms with E-state index in [1.807, 2.05) is 49.4 Å². The van der Waals surface area contributed by atoms with Gasteiger partial charge in [0, 0.05) is 5.56 Å². The van der Waals surface area contributed by atoms with Crippen molar-refractivity contribution >= 4 is 6.21 Å². The molecule has 19 heavy (non-hydrogen) atoms. The van der Waals surface area contributed by atoms with Gasteiger partial charge in [-0.05, 0) is 18.6 Å². The molecule has 0 saturated heterocycles. The molecule has 0 heterocycles. The summed E-state index contributed by atoms with van der Waals surface area (Å²) in [7, 11) is 0. The van der Waals surface area contributed by atoms with Gasteiger partial charge in [0.05, 0.1) is 17.8 Å². The third-order valence-electron chi connectivity index (χ3n) is 2.70. The summed E-state index contributed by atoms with van der Waals surface area (Å²) in [5, 5.41) is 12.8. The normalized spacial score (nSPS) is 10.3. The highest BCUT2D eigenvalue weighted by molar-refractivity contribution is 5.82. The zero-order valence-corrected chi connectivity index (χ0v) is 10.7. The highest BCUT2D eigenvalue weighted by Crippen LogP contribution is 2.06. The maximum Gasteiger partial charge on any atom is 0.142 e. The summed E-state index contributed by atoms with van der Waals surface area (Å²) >= 11 is 0. The Hall–Kier alpha value is -2.60. The number of nitrogens with zero attached hydrogens (tertiary/aromatic N) is 2. The molecule has 0 amide bonds. The number of nitriles is 1. The van der Waals surface area contributed by atoms with Gasteiger partial charge in [0.2, 0.25) is 0 Å². The van der Waals surface area contributed by atoms with Gasteiger partial charge in [0.1, 0.15) is 6.61 Å². The van der Waals surface area contributed by atoms with Gasteiger partial charge >= 0.3 is 0 Å². The van der Waals surface area contributed by atoms with Gasteiger partial charge in [-0.3, -0.25) is 0 Å². The Bertz CT molecular complexity index is 609. The standard InChI is InChI=1S/C16H14N2O/c1-13-6-8-14(9-7-13)12-19-18-11-16-5-3-2-4-15(16)10-17/h2-9,11H,12H2,1H3. The fourth-order valence-electron chi connectivity index (χ4n) is 1.60. The first-order chi connectivity index (χ1) is 9.29. The average Bonchev–Trinajstić information content (AvgIpc) is 2.46. The molecule has 0 N–H and O–H groups in total. The highest BCUT2D eigenvalue weighted by atomic mass is 16.6. The number of aryl methyl sites for hydroxylation is 1. The molecule has 2 aromatic rings. The summed E-state index contributed by atoms with van der Waals surface area (Å²) < 4.78 is 0. The SMILES string of the molecule is Cc1ccc(CON=Cc2ccccc2C#N)cc1. The molecule has 0 aliphatic carbocycles. The molecule has 0 aliphatic rings. The Morgan fingerprint density at radius 2 is 1.89 bits per heavy atom. The van der Waals surface area contributed by atoms with E-state index in [1.54, 1.807) is 12.3 Å². The number of oxime groups is 1. The number of benzene rings is 2. The molecule has 3 heteroatoms. The van der Waals surface area contributed by atoms with Crippen molar-refractivity contribution in [2.24, 2.45) is 5.16 Å². The molecule has 0 atom stereocenters. The number of hydrogen-bond acceptors (Lipinski definition) is 3. The van der Waals surface area contributed by atoms with Crippen LogP contribution in [-0.4, -0.2) is 6.21 Å². The van der Waals surface area contributed by atoms with Gasteiger partial charge < -0.3 is 4.84 Å². The summed E-state index contributed by atoms with van der Waals surface area (Å²) in [6, 6.07) is 17.5. The van der Waals surface area contributed by atoms with Crippen LogP contribution in [0.5, 0.6) is 0 Å². The lowest BCUT2D eigenvalue weighted by molar-refractivity contribution is 0.132. The van der Waals surface area contributed by atoms with E-state index in [0.29, 0.717) is 12.2 Å². The van der Waals surface area contributed by atoms with Crippen molar-refractivity contribution in [2.75, 3.05) is 0 Å². The lowest BCUT2D eigenvalue weighted by atomic mass is 10.1. The van der Waals surface area contributed by atoms with Crippen LogP contribution in [0.1, 0.15) is 22.3 Å². The van der Waals surface area contributed by atoms with Gasteiger partial charge in [-0.25, -0.2) is 0 Å². The Morgan fingerprint density at radius 1 is 1.16 bits per heavy atom. The molecule has 2 aromatic carbocycles. The van der Waals surface area contributed by atoms with Gasteiger partial charge in [0.15, 0.2) is 0 Å². The molecule has 0 bridgehead atoms. The lowest BCUT2D eigenvalue weighted by Gasteiger charge is -2.00. The molecule has 0 aromatic heterocycles. The summed E-state index contributed by atoms with van der Waals surface area (Å²) in [4.78, 5) is 5.22. The summed E-state index contributed by atoms with van der Waals surface area (Å²) in [6.45, 7) is 2.47. The molecular formula is C16H14N2O. The minimum absolute atomic E-state index is 0.422. The van der Waals surface area contributed by atoms with E-state index >= 15 is 0 Å². The van der Waals surface area contributed by atoms with E-state index in [0.717, 1.165) is 11.1 Å². The van der Waals surface area contributed by atoms with Crippen LogP contribution >= 0.6 is 0 Å². The van der Waals surface area contributed by atoms with E-state index in [9.17, 15) is 0 Å². The topological polar surface area (TPSA) is 45.4 Å². The van der Waals surface area contributed by atoms with Crippen LogP contribution in [0.3, 0.4) is 0 Å².